The van der Waals surface area contributed by atoms with Gasteiger partial charge in [0.25, 0.3) is 0 Å². The molecule has 1 N–H and O–H groups in total. The Bertz CT molecular complexity index is 1820. The summed E-state index contributed by atoms with van der Waals surface area (Å²) in [6.45, 7) is 4.76. The molecule has 0 unspecified atom stereocenters. The van der Waals surface area contributed by atoms with E-state index in [1.807, 2.05) is 41.0 Å². The van der Waals surface area contributed by atoms with E-state index in [-0.39, 0.29) is 0 Å². The van der Waals surface area contributed by atoms with Crippen LogP contribution in [0.5, 0.6) is 5.75 Å². The Morgan fingerprint density at radius 1 is 1.05 bits per heavy atom. The number of aryl methyl sites for hydroxylation is 2. The predicted molar refractivity (Wildman–Crippen MR) is 164 cm³/mol. The number of para-hydroxylation sites is 1. The molecule has 5 aromatic rings. The van der Waals surface area contributed by atoms with E-state index in [1.165, 1.54) is 0 Å². The molecule has 1 aliphatic carbocycles. The maximum atomic E-state index is 12.9. The lowest BCUT2D eigenvalue weighted by molar-refractivity contribution is 0.0685. The van der Waals surface area contributed by atoms with Gasteiger partial charge in [-0.15, -0.1) is 0 Å². The van der Waals surface area contributed by atoms with Gasteiger partial charge in [-0.25, -0.2) is 4.79 Å². The number of fused-ring (bicyclic) bond motifs is 3. The maximum Gasteiger partial charge on any atom is 0.352 e. The molecule has 7 rings (SSSR count). The third kappa shape index (κ3) is 4.68. The second-order valence-electron chi connectivity index (χ2n) is 11.2. The molecule has 0 bridgehead atoms. The summed E-state index contributed by atoms with van der Waals surface area (Å²) in [7, 11) is 0. The first-order chi connectivity index (χ1) is 20.7. The molecule has 42 heavy (non-hydrogen) atoms. The SMILES string of the molecule is CCn1nc(C2CC2)c2c1COC/C=C\Cn1c(C(=O)O)c(CCCOc3cccc4ccccc34)c3cccc-2c31. The van der Waals surface area contributed by atoms with E-state index in [1.54, 1.807) is 0 Å². The van der Waals surface area contributed by atoms with E-state index in [2.05, 4.69) is 48.0 Å². The number of nitrogens with zero attached hydrogens (tertiary/aromatic N) is 3. The van der Waals surface area contributed by atoms with Crippen LogP contribution in [-0.4, -0.2) is 38.6 Å². The minimum Gasteiger partial charge on any atom is -0.493 e. The number of ether oxygens (including phenoxy) is 2. The number of carboxylic acid groups (broad SMARTS) is 1. The highest BCUT2D eigenvalue weighted by molar-refractivity contribution is 6.04. The highest BCUT2D eigenvalue weighted by Crippen LogP contribution is 2.47. The molecule has 0 radical (unpaired) electrons. The van der Waals surface area contributed by atoms with Crippen LogP contribution in [0.3, 0.4) is 0 Å². The van der Waals surface area contributed by atoms with Crippen molar-refractivity contribution >= 4 is 27.6 Å². The predicted octanol–water partition coefficient (Wildman–Crippen LogP) is 7.35. The second-order valence-corrected chi connectivity index (χ2v) is 11.2. The van der Waals surface area contributed by atoms with Gasteiger partial charge in [-0.2, -0.15) is 5.10 Å². The van der Waals surface area contributed by atoms with Gasteiger partial charge < -0.3 is 19.1 Å². The number of carboxylic acids is 1. The quantitative estimate of drug-likeness (QED) is 0.158. The Morgan fingerprint density at radius 2 is 1.86 bits per heavy atom. The summed E-state index contributed by atoms with van der Waals surface area (Å²) in [4.78, 5) is 12.9. The molecule has 3 aromatic carbocycles. The number of hydrogen-bond donors (Lipinski definition) is 1. The summed E-state index contributed by atoms with van der Waals surface area (Å²) in [6.07, 6.45) is 7.56. The smallest absolute Gasteiger partial charge is 0.352 e. The van der Waals surface area contributed by atoms with Crippen LogP contribution in [0.15, 0.2) is 72.8 Å². The van der Waals surface area contributed by atoms with Crippen LogP contribution in [0.4, 0.5) is 0 Å². The van der Waals surface area contributed by atoms with Gasteiger partial charge in [0.15, 0.2) is 0 Å². The Kier molecular flexibility index (Phi) is 7.04. The van der Waals surface area contributed by atoms with Crippen LogP contribution in [0, 0.1) is 0 Å². The monoisotopic (exact) mass is 561 g/mol. The van der Waals surface area contributed by atoms with Crippen molar-refractivity contribution < 1.29 is 19.4 Å². The van der Waals surface area contributed by atoms with Gasteiger partial charge in [0, 0.05) is 40.9 Å². The molecule has 2 aliphatic rings. The van der Waals surface area contributed by atoms with Crippen molar-refractivity contribution in [3.05, 3.63) is 95.5 Å². The van der Waals surface area contributed by atoms with Crippen molar-refractivity contribution in [2.75, 3.05) is 13.2 Å². The first-order valence-electron chi connectivity index (χ1n) is 15.0. The van der Waals surface area contributed by atoms with Gasteiger partial charge in [0.05, 0.1) is 36.7 Å². The summed E-state index contributed by atoms with van der Waals surface area (Å²) in [6, 6.07) is 20.5. The molecule has 3 heterocycles. The van der Waals surface area contributed by atoms with Crippen molar-refractivity contribution in [2.45, 2.75) is 58.2 Å². The molecule has 214 valence electrons. The van der Waals surface area contributed by atoms with E-state index < -0.39 is 5.97 Å². The zero-order valence-electron chi connectivity index (χ0n) is 23.9. The van der Waals surface area contributed by atoms with Crippen LogP contribution in [-0.2, 0) is 30.9 Å². The summed E-state index contributed by atoms with van der Waals surface area (Å²) >= 11 is 0. The first-order valence-corrected chi connectivity index (χ1v) is 15.0. The van der Waals surface area contributed by atoms with Crippen LogP contribution in [0.25, 0.3) is 32.8 Å². The first kappa shape index (κ1) is 26.5. The van der Waals surface area contributed by atoms with Crippen LogP contribution < -0.4 is 4.74 Å². The molecule has 7 heteroatoms. The number of aromatic carboxylic acids is 1. The lowest BCUT2D eigenvalue weighted by Gasteiger charge is -2.12. The van der Waals surface area contributed by atoms with E-state index in [4.69, 9.17) is 14.6 Å². The molecule has 0 saturated heterocycles. The minimum absolute atomic E-state index is 0.352. The number of hydrogen-bond acceptors (Lipinski definition) is 4. The second kappa shape index (κ2) is 11.1. The van der Waals surface area contributed by atoms with E-state index >= 15 is 0 Å². The Balaban J connectivity index is 1.31. The maximum absolute atomic E-state index is 12.9. The average Bonchev–Trinajstić information content (AvgIpc) is 3.72. The minimum atomic E-state index is -0.909. The molecule has 1 fully saturated rings. The number of aromatic nitrogens is 3. The molecule has 0 atom stereocenters. The van der Waals surface area contributed by atoms with Crippen molar-refractivity contribution in [3.8, 4) is 16.9 Å². The fourth-order valence-corrected chi connectivity index (χ4v) is 6.45. The number of allylic oxidation sites excluding steroid dienone is 1. The lowest BCUT2D eigenvalue weighted by Crippen LogP contribution is -2.11. The van der Waals surface area contributed by atoms with E-state index in [0.717, 1.165) is 74.9 Å². The molecule has 1 saturated carbocycles. The summed E-state index contributed by atoms with van der Waals surface area (Å²) in [5.41, 5.74) is 6.52. The molecule has 7 nitrogen and oxygen atoms in total. The van der Waals surface area contributed by atoms with Crippen molar-refractivity contribution in [1.82, 2.24) is 14.3 Å². The highest BCUT2D eigenvalue weighted by Gasteiger charge is 2.34. The molecule has 2 aromatic heterocycles. The number of carbonyl (C=O) groups is 1. The number of benzene rings is 3. The van der Waals surface area contributed by atoms with Gasteiger partial charge >= 0.3 is 5.97 Å². The van der Waals surface area contributed by atoms with E-state index in [9.17, 15) is 9.90 Å². The summed E-state index contributed by atoms with van der Waals surface area (Å²) < 4.78 is 16.3. The highest BCUT2D eigenvalue weighted by atomic mass is 16.5. The Hall–Kier alpha value is -4.36. The Morgan fingerprint density at radius 3 is 2.69 bits per heavy atom. The Labute approximate surface area is 245 Å². The zero-order chi connectivity index (χ0) is 28.6. The van der Waals surface area contributed by atoms with Gasteiger partial charge in [0.1, 0.15) is 11.4 Å². The molecule has 0 amide bonds. The topological polar surface area (TPSA) is 78.5 Å². The zero-order valence-corrected chi connectivity index (χ0v) is 23.9. The van der Waals surface area contributed by atoms with Crippen LogP contribution >= 0.6 is 0 Å². The number of rotatable bonds is 8. The van der Waals surface area contributed by atoms with Crippen molar-refractivity contribution in [2.24, 2.45) is 0 Å². The molecule has 1 aliphatic heterocycles. The van der Waals surface area contributed by atoms with Crippen molar-refractivity contribution in [3.63, 3.8) is 0 Å². The molecular formula is C35H35N3O4. The molecule has 0 spiro atoms. The van der Waals surface area contributed by atoms with Gasteiger partial charge in [-0.05, 0) is 49.6 Å². The van der Waals surface area contributed by atoms with E-state index in [0.29, 0.717) is 50.8 Å². The fourth-order valence-electron chi connectivity index (χ4n) is 6.45. The third-order valence-corrected chi connectivity index (χ3v) is 8.49. The van der Waals surface area contributed by atoms with Crippen molar-refractivity contribution in [1.29, 1.82) is 0 Å². The summed E-state index contributed by atoms with van der Waals surface area (Å²) in [5, 5.41) is 18.8. The largest absolute Gasteiger partial charge is 0.493 e. The normalized spacial score (nSPS) is 15.8. The molecular weight excluding hydrogens is 526 g/mol. The fraction of sp³-hybridized carbons (Fsp3) is 0.314. The van der Waals surface area contributed by atoms with Crippen LogP contribution in [0.2, 0.25) is 0 Å². The summed E-state index contributed by atoms with van der Waals surface area (Å²) in [5.74, 6) is 0.387. The van der Waals surface area contributed by atoms with Gasteiger partial charge in [-0.1, -0.05) is 66.7 Å². The van der Waals surface area contributed by atoms with Gasteiger partial charge in [0.2, 0.25) is 0 Å². The average molecular weight is 562 g/mol. The van der Waals surface area contributed by atoms with Gasteiger partial charge in [-0.3, -0.25) is 4.68 Å². The lowest BCUT2D eigenvalue weighted by atomic mass is 9.96. The standard InChI is InChI=1S/C35H35N3O4/c1-2-38-29-22-41-20-6-5-19-37-33-26(13-8-14-28(33)31(29)32(36-38)24-17-18-24)27(34(37)35(39)40)15-9-21-42-30-16-7-11-23-10-3-4-12-25(23)30/h3-8,10-14,16,24H,2,9,15,17-22H2,1H3,(H,39,40)/b6-5-. The van der Waals surface area contributed by atoms with Crippen LogP contribution in [0.1, 0.15) is 59.5 Å². The third-order valence-electron chi connectivity index (χ3n) is 8.49.